The first-order chi connectivity index (χ1) is 10.7. The molecule has 2 rings (SSSR count). The highest BCUT2D eigenvalue weighted by Crippen LogP contribution is 2.09. The second-order valence-electron chi connectivity index (χ2n) is 4.59. The number of nitrogens with one attached hydrogen (secondary N) is 1. The van der Waals surface area contributed by atoms with Gasteiger partial charge < -0.3 is 10.1 Å². The fraction of sp³-hybridized carbons (Fsp3) is 0.176. The fourth-order valence-corrected chi connectivity index (χ4v) is 2.15. The highest BCUT2D eigenvalue weighted by Gasteiger charge is 2.00. The Kier molecular flexibility index (Phi) is 6.64. The number of carbonyl (C=O) groups excluding carboxylic acids is 1. The Hall–Kier alpha value is -2.14. The summed E-state index contributed by atoms with van der Waals surface area (Å²) >= 11 is 3.32. The van der Waals surface area contributed by atoms with Crippen molar-refractivity contribution in [2.24, 2.45) is 0 Å². The van der Waals surface area contributed by atoms with Gasteiger partial charge in [0.05, 0.1) is 0 Å². The normalized spacial score (nSPS) is 10.6. The number of hydrogen-bond acceptors (Lipinski definition) is 3. The van der Waals surface area contributed by atoms with Crippen molar-refractivity contribution in [3.8, 4) is 0 Å². The first kappa shape index (κ1) is 16.2. The molecule has 0 aliphatic carbocycles. The molecule has 0 atom stereocenters. The summed E-state index contributed by atoms with van der Waals surface area (Å²) in [5, 5.41) is 2.72. The lowest BCUT2D eigenvalue weighted by Gasteiger charge is -2.05. The van der Waals surface area contributed by atoms with Gasteiger partial charge in [0, 0.05) is 12.7 Å². The molecule has 0 saturated carbocycles. The van der Waals surface area contributed by atoms with E-state index in [1.807, 2.05) is 54.6 Å². The van der Waals surface area contributed by atoms with E-state index in [0.29, 0.717) is 6.54 Å². The summed E-state index contributed by atoms with van der Waals surface area (Å²) in [5.74, 6) is 0. The summed E-state index contributed by atoms with van der Waals surface area (Å²) in [7, 11) is 0. The Morgan fingerprint density at radius 2 is 2.09 bits per heavy atom. The maximum atomic E-state index is 11.5. The van der Waals surface area contributed by atoms with Crippen molar-refractivity contribution in [3.05, 3.63) is 70.5 Å². The Bertz CT molecular complexity index is 630. The molecule has 0 aliphatic rings. The van der Waals surface area contributed by atoms with Gasteiger partial charge in [-0.3, -0.25) is 0 Å². The van der Waals surface area contributed by atoms with E-state index in [2.05, 4.69) is 26.2 Å². The predicted molar refractivity (Wildman–Crippen MR) is 90.2 cm³/mol. The van der Waals surface area contributed by atoms with Crippen molar-refractivity contribution in [1.82, 2.24) is 10.3 Å². The minimum atomic E-state index is -0.399. The molecule has 0 bridgehead atoms. The topological polar surface area (TPSA) is 51.2 Å². The molecule has 0 unspecified atom stereocenters. The number of alkyl carbamates (subject to hydrolysis) is 1. The molecular formula is C17H17BrN2O2. The van der Waals surface area contributed by atoms with Gasteiger partial charge in [-0.25, -0.2) is 9.78 Å². The number of ether oxygens (including phenoxy) is 1. The molecule has 0 aliphatic heterocycles. The molecule has 0 radical (unpaired) electrons. The number of hydrogen-bond donors (Lipinski definition) is 1. The zero-order valence-corrected chi connectivity index (χ0v) is 13.6. The van der Waals surface area contributed by atoms with E-state index in [9.17, 15) is 4.79 Å². The van der Waals surface area contributed by atoms with Gasteiger partial charge in [-0.2, -0.15) is 0 Å². The molecule has 0 spiro atoms. The standard InChI is InChI=1S/C17H17BrN2O2/c18-16-12-14(9-11-19-16)6-4-5-10-20-17(21)22-13-15-7-2-1-3-8-15/h1-4,6-9,11-12H,5,10,13H2,(H,20,21). The molecule has 1 heterocycles. The van der Waals surface area contributed by atoms with Gasteiger partial charge in [-0.15, -0.1) is 0 Å². The molecule has 1 N–H and O–H groups in total. The summed E-state index contributed by atoms with van der Waals surface area (Å²) in [5.41, 5.74) is 2.04. The number of halogens is 1. The Labute approximate surface area is 138 Å². The molecule has 4 nitrogen and oxygen atoms in total. The van der Waals surface area contributed by atoms with E-state index in [1.54, 1.807) is 6.20 Å². The van der Waals surface area contributed by atoms with Gasteiger partial charge in [-0.1, -0.05) is 42.5 Å². The zero-order valence-electron chi connectivity index (χ0n) is 12.0. The minimum absolute atomic E-state index is 0.285. The largest absolute Gasteiger partial charge is 0.445 e. The maximum absolute atomic E-state index is 11.5. The second-order valence-corrected chi connectivity index (χ2v) is 5.40. The van der Waals surface area contributed by atoms with Crippen LogP contribution >= 0.6 is 15.9 Å². The number of rotatable bonds is 6. The highest BCUT2D eigenvalue weighted by atomic mass is 79.9. The van der Waals surface area contributed by atoms with Crippen molar-refractivity contribution in [2.75, 3.05) is 6.54 Å². The van der Waals surface area contributed by atoms with Crippen LogP contribution in [-0.2, 0) is 11.3 Å². The van der Waals surface area contributed by atoms with E-state index < -0.39 is 6.09 Å². The predicted octanol–water partition coefficient (Wildman–Crippen LogP) is 4.17. The van der Waals surface area contributed by atoms with Crippen molar-refractivity contribution in [1.29, 1.82) is 0 Å². The lowest BCUT2D eigenvalue weighted by molar-refractivity contribution is 0.140. The molecule has 114 valence electrons. The first-order valence-electron chi connectivity index (χ1n) is 6.97. The van der Waals surface area contributed by atoms with Crippen molar-refractivity contribution < 1.29 is 9.53 Å². The first-order valence-corrected chi connectivity index (χ1v) is 7.76. The van der Waals surface area contributed by atoms with E-state index in [4.69, 9.17) is 4.74 Å². The third-order valence-corrected chi connectivity index (χ3v) is 3.29. The number of aromatic nitrogens is 1. The summed E-state index contributed by atoms with van der Waals surface area (Å²) < 4.78 is 5.92. The smallest absolute Gasteiger partial charge is 0.407 e. The Morgan fingerprint density at radius 3 is 2.86 bits per heavy atom. The Morgan fingerprint density at radius 1 is 1.27 bits per heavy atom. The number of carbonyl (C=O) groups is 1. The summed E-state index contributed by atoms with van der Waals surface area (Å²) in [6, 6.07) is 13.4. The summed E-state index contributed by atoms with van der Waals surface area (Å²) in [6.45, 7) is 0.823. The van der Waals surface area contributed by atoms with Crippen LogP contribution in [0.25, 0.3) is 6.08 Å². The zero-order chi connectivity index (χ0) is 15.6. The van der Waals surface area contributed by atoms with Crippen LogP contribution in [0.3, 0.4) is 0 Å². The van der Waals surface area contributed by atoms with E-state index >= 15 is 0 Å². The van der Waals surface area contributed by atoms with Crippen molar-refractivity contribution in [3.63, 3.8) is 0 Å². The molecule has 1 amide bonds. The van der Waals surface area contributed by atoms with Crippen LogP contribution in [0.1, 0.15) is 17.5 Å². The van der Waals surface area contributed by atoms with Crippen LogP contribution in [0, 0.1) is 0 Å². The number of pyridine rings is 1. The SMILES string of the molecule is O=C(NCCC=Cc1ccnc(Br)c1)OCc1ccccc1. The molecule has 1 aromatic heterocycles. The second kappa shape index (κ2) is 9.00. The molecule has 1 aromatic carbocycles. The Balaban J connectivity index is 1.63. The highest BCUT2D eigenvalue weighted by molar-refractivity contribution is 9.10. The maximum Gasteiger partial charge on any atom is 0.407 e. The average molecular weight is 361 g/mol. The van der Waals surface area contributed by atoms with E-state index in [-0.39, 0.29) is 6.61 Å². The van der Waals surface area contributed by atoms with Crippen molar-refractivity contribution in [2.45, 2.75) is 13.0 Å². The third-order valence-electron chi connectivity index (χ3n) is 2.85. The number of benzene rings is 1. The average Bonchev–Trinajstić information content (AvgIpc) is 2.54. The van der Waals surface area contributed by atoms with Crippen molar-refractivity contribution >= 4 is 28.1 Å². The van der Waals surface area contributed by atoms with Gasteiger partial charge in [0.1, 0.15) is 11.2 Å². The molecule has 2 aromatic rings. The monoisotopic (exact) mass is 360 g/mol. The molecule has 0 saturated heterocycles. The number of amides is 1. The third kappa shape index (κ3) is 6.10. The van der Waals surface area contributed by atoms with E-state index in [0.717, 1.165) is 22.2 Å². The quantitative estimate of drug-likeness (QED) is 0.621. The van der Waals surface area contributed by atoms with Crippen LogP contribution < -0.4 is 5.32 Å². The molecule has 22 heavy (non-hydrogen) atoms. The lowest BCUT2D eigenvalue weighted by Crippen LogP contribution is -2.24. The van der Waals surface area contributed by atoms with Gasteiger partial charge in [0.25, 0.3) is 0 Å². The van der Waals surface area contributed by atoms with Gasteiger partial charge in [-0.05, 0) is 45.6 Å². The lowest BCUT2D eigenvalue weighted by atomic mass is 10.2. The molecule has 5 heteroatoms. The summed E-state index contributed by atoms with van der Waals surface area (Å²) in [4.78, 5) is 15.6. The van der Waals surface area contributed by atoms with E-state index in [1.165, 1.54) is 0 Å². The van der Waals surface area contributed by atoms with Crippen LogP contribution in [0.15, 0.2) is 59.3 Å². The minimum Gasteiger partial charge on any atom is -0.445 e. The summed E-state index contributed by atoms with van der Waals surface area (Å²) in [6.07, 6.45) is 6.07. The van der Waals surface area contributed by atoms with Crippen LogP contribution in [0.2, 0.25) is 0 Å². The van der Waals surface area contributed by atoms with Gasteiger partial charge >= 0.3 is 6.09 Å². The van der Waals surface area contributed by atoms with Gasteiger partial charge in [0.15, 0.2) is 0 Å². The van der Waals surface area contributed by atoms with Crippen LogP contribution in [0.4, 0.5) is 4.79 Å². The number of nitrogens with zero attached hydrogens (tertiary/aromatic N) is 1. The molecule has 0 fully saturated rings. The van der Waals surface area contributed by atoms with Gasteiger partial charge in [0.2, 0.25) is 0 Å². The van der Waals surface area contributed by atoms with Crippen LogP contribution in [0.5, 0.6) is 0 Å². The fourth-order valence-electron chi connectivity index (χ4n) is 1.77. The molecular weight excluding hydrogens is 344 g/mol. The van der Waals surface area contributed by atoms with Crippen LogP contribution in [-0.4, -0.2) is 17.6 Å².